The number of fused-ring (bicyclic) bond motifs is 1. The van der Waals surface area contributed by atoms with Gasteiger partial charge in [0.05, 0.1) is 17.1 Å². The van der Waals surface area contributed by atoms with Crippen LogP contribution in [0.2, 0.25) is 0 Å². The van der Waals surface area contributed by atoms with E-state index in [1.165, 1.54) is 36.1 Å². The minimum atomic E-state index is -0.189. The van der Waals surface area contributed by atoms with Crippen LogP contribution < -0.4 is 10.5 Å². The molecule has 0 aliphatic heterocycles. The summed E-state index contributed by atoms with van der Waals surface area (Å²) in [5, 5.41) is 13.9. The van der Waals surface area contributed by atoms with Crippen LogP contribution in [0, 0.1) is 6.92 Å². The molecule has 0 radical (unpaired) electrons. The van der Waals surface area contributed by atoms with E-state index >= 15 is 0 Å². The van der Waals surface area contributed by atoms with Gasteiger partial charge in [-0.25, -0.2) is 4.68 Å². The Kier molecular flexibility index (Phi) is 5.97. The maximum Gasteiger partial charge on any atom is 0.257 e. The third kappa shape index (κ3) is 4.42. The topological polar surface area (TPSA) is 80.9 Å². The van der Waals surface area contributed by atoms with Crippen molar-refractivity contribution in [3.63, 3.8) is 0 Å². The zero-order chi connectivity index (χ0) is 22.2. The smallest absolute Gasteiger partial charge is 0.257 e. The fourth-order valence-electron chi connectivity index (χ4n) is 5.07. The van der Waals surface area contributed by atoms with Crippen LogP contribution in [0.4, 0.5) is 0 Å². The Morgan fingerprint density at radius 1 is 1.23 bits per heavy atom. The Bertz CT molecular complexity index is 1100. The van der Waals surface area contributed by atoms with Gasteiger partial charge in [-0.1, -0.05) is 18.6 Å². The lowest BCUT2D eigenvalue weighted by Gasteiger charge is -2.33. The second-order valence-corrected chi connectivity index (χ2v) is 10.0. The molecule has 0 amide bonds. The average molecular weight is 424 g/mol. The molecule has 7 heteroatoms. The third-order valence-electron chi connectivity index (χ3n) is 6.65. The van der Waals surface area contributed by atoms with Crippen molar-refractivity contribution >= 4 is 10.9 Å². The predicted molar refractivity (Wildman–Crippen MR) is 122 cm³/mol. The number of tetrazole rings is 1. The quantitative estimate of drug-likeness (QED) is 0.639. The van der Waals surface area contributed by atoms with Crippen LogP contribution in [0.3, 0.4) is 0 Å². The van der Waals surface area contributed by atoms with Crippen LogP contribution in [0.25, 0.3) is 10.9 Å². The van der Waals surface area contributed by atoms with E-state index < -0.39 is 0 Å². The molecule has 1 aliphatic carbocycles. The van der Waals surface area contributed by atoms with E-state index in [1.807, 2.05) is 16.8 Å². The number of H-pyrrole nitrogens is 1. The van der Waals surface area contributed by atoms with E-state index in [9.17, 15) is 4.79 Å². The number of rotatable bonds is 6. The second kappa shape index (κ2) is 8.54. The largest absolute Gasteiger partial charge is 0.322 e. The molecule has 2 heterocycles. The number of benzene rings is 1. The van der Waals surface area contributed by atoms with Gasteiger partial charge < -0.3 is 9.88 Å². The molecule has 2 aromatic heterocycles. The zero-order valence-corrected chi connectivity index (χ0v) is 19.4. The molecule has 1 fully saturated rings. The molecule has 2 atom stereocenters. The number of aryl methyl sites for hydroxylation is 1. The van der Waals surface area contributed by atoms with Crippen molar-refractivity contribution < 1.29 is 4.90 Å². The predicted octanol–water partition coefficient (Wildman–Crippen LogP) is 3.06. The molecule has 3 aromatic rings. The third-order valence-corrected chi connectivity index (χ3v) is 6.65. The number of hydrogen-bond acceptors (Lipinski definition) is 4. The summed E-state index contributed by atoms with van der Waals surface area (Å²) >= 11 is 0. The first kappa shape index (κ1) is 21.7. The SMILES string of the molecule is CC[C@H](c1nnnn1C(C)(C)C)[NH+](Cc1cc2cc(C)ccc2[nH]c1=O)C1CCCC1. The van der Waals surface area contributed by atoms with Gasteiger partial charge in [0, 0.05) is 11.9 Å². The van der Waals surface area contributed by atoms with Crippen molar-refractivity contribution in [1.29, 1.82) is 0 Å². The van der Waals surface area contributed by atoms with Gasteiger partial charge in [0.1, 0.15) is 12.6 Å². The molecule has 0 saturated heterocycles. The van der Waals surface area contributed by atoms with Crippen LogP contribution >= 0.6 is 0 Å². The monoisotopic (exact) mass is 423 g/mol. The number of quaternary nitrogens is 1. The lowest BCUT2D eigenvalue weighted by molar-refractivity contribution is -0.969. The van der Waals surface area contributed by atoms with E-state index in [4.69, 9.17) is 0 Å². The van der Waals surface area contributed by atoms with Gasteiger partial charge in [-0.15, -0.1) is 5.10 Å². The lowest BCUT2D eigenvalue weighted by atomic mass is 10.0. The second-order valence-electron chi connectivity index (χ2n) is 10.0. The van der Waals surface area contributed by atoms with Crippen molar-refractivity contribution in [3.05, 3.63) is 51.6 Å². The van der Waals surface area contributed by atoms with Crippen molar-refractivity contribution in [2.24, 2.45) is 0 Å². The molecule has 1 unspecified atom stereocenters. The van der Waals surface area contributed by atoms with Gasteiger partial charge in [-0.2, -0.15) is 0 Å². The summed E-state index contributed by atoms with van der Waals surface area (Å²) in [4.78, 5) is 17.5. The minimum Gasteiger partial charge on any atom is -0.322 e. The van der Waals surface area contributed by atoms with Gasteiger partial charge in [0.2, 0.25) is 5.82 Å². The highest BCUT2D eigenvalue weighted by Gasteiger charge is 2.37. The molecule has 1 aliphatic rings. The van der Waals surface area contributed by atoms with Crippen LogP contribution in [-0.2, 0) is 12.1 Å². The Morgan fingerprint density at radius 3 is 2.65 bits per heavy atom. The number of nitrogens with zero attached hydrogens (tertiary/aromatic N) is 4. The fourth-order valence-corrected chi connectivity index (χ4v) is 5.07. The van der Waals surface area contributed by atoms with Gasteiger partial charge in [0.15, 0.2) is 0 Å². The zero-order valence-electron chi connectivity index (χ0n) is 19.4. The summed E-state index contributed by atoms with van der Waals surface area (Å²) in [6, 6.07) is 8.90. The molecule has 0 spiro atoms. The number of aromatic nitrogens is 5. The van der Waals surface area contributed by atoms with Gasteiger partial charge in [-0.05, 0) is 87.4 Å². The van der Waals surface area contributed by atoms with Crippen molar-refractivity contribution in [1.82, 2.24) is 25.2 Å². The van der Waals surface area contributed by atoms with Crippen LogP contribution in [-0.4, -0.2) is 31.2 Å². The highest BCUT2D eigenvalue weighted by atomic mass is 16.1. The van der Waals surface area contributed by atoms with E-state index in [-0.39, 0.29) is 17.1 Å². The average Bonchev–Trinajstić information content (AvgIpc) is 3.40. The standard InChI is InChI=1S/C24H34N6O/c1-6-21(22-26-27-28-30(22)24(3,4)5)29(19-9-7-8-10-19)15-18-14-17-13-16(2)11-12-20(17)25-23(18)31/h11-14,19,21H,6-10,15H2,1-5H3,(H,25,31)/p+1/t21-/m1/s1. The first-order valence-electron chi connectivity index (χ1n) is 11.5. The van der Waals surface area contributed by atoms with Gasteiger partial charge in [0.25, 0.3) is 5.56 Å². The van der Waals surface area contributed by atoms with Crippen LogP contribution in [0.5, 0.6) is 0 Å². The molecule has 0 bridgehead atoms. The molecule has 4 rings (SSSR count). The molecule has 2 N–H and O–H groups in total. The summed E-state index contributed by atoms with van der Waals surface area (Å²) in [6.45, 7) is 11.4. The minimum absolute atomic E-state index is 0.0112. The molecular weight excluding hydrogens is 388 g/mol. The fraction of sp³-hybridized carbons (Fsp3) is 0.583. The highest BCUT2D eigenvalue weighted by molar-refractivity contribution is 5.79. The summed E-state index contributed by atoms with van der Waals surface area (Å²) in [6.07, 6.45) is 5.80. The van der Waals surface area contributed by atoms with E-state index in [0.29, 0.717) is 12.6 Å². The number of aromatic amines is 1. The molecule has 1 aromatic carbocycles. The lowest BCUT2D eigenvalue weighted by Crippen LogP contribution is -3.14. The first-order valence-corrected chi connectivity index (χ1v) is 11.5. The first-order chi connectivity index (χ1) is 14.8. The normalized spacial score (nSPS) is 17.3. The summed E-state index contributed by atoms with van der Waals surface area (Å²) in [7, 11) is 0. The van der Waals surface area contributed by atoms with Crippen LogP contribution in [0.1, 0.15) is 82.8 Å². The van der Waals surface area contributed by atoms with Gasteiger partial charge >= 0.3 is 0 Å². The molecule has 7 nitrogen and oxygen atoms in total. The maximum atomic E-state index is 13.0. The summed E-state index contributed by atoms with van der Waals surface area (Å²) in [5.41, 5.74) is 2.75. The summed E-state index contributed by atoms with van der Waals surface area (Å²) in [5.74, 6) is 0.921. The molecule has 1 saturated carbocycles. The number of nitrogens with one attached hydrogen (secondary N) is 2. The van der Waals surface area contributed by atoms with Crippen molar-refractivity contribution in [2.75, 3.05) is 0 Å². The molecule has 166 valence electrons. The Morgan fingerprint density at radius 2 is 1.97 bits per heavy atom. The Labute approximate surface area is 183 Å². The highest BCUT2D eigenvalue weighted by Crippen LogP contribution is 2.23. The maximum absolute atomic E-state index is 13.0. The Balaban J connectivity index is 1.75. The Hall–Kier alpha value is -2.54. The van der Waals surface area contributed by atoms with Crippen molar-refractivity contribution in [3.8, 4) is 0 Å². The summed E-state index contributed by atoms with van der Waals surface area (Å²) < 4.78 is 1.96. The van der Waals surface area contributed by atoms with E-state index in [2.05, 4.69) is 67.3 Å². The van der Waals surface area contributed by atoms with E-state index in [0.717, 1.165) is 28.7 Å². The molecule has 31 heavy (non-hydrogen) atoms. The molecular formula is C24H35N6O+. The van der Waals surface area contributed by atoms with Crippen LogP contribution in [0.15, 0.2) is 29.1 Å². The number of pyridine rings is 1. The van der Waals surface area contributed by atoms with E-state index in [1.54, 1.807) is 0 Å². The number of hydrogen-bond donors (Lipinski definition) is 2. The van der Waals surface area contributed by atoms with Gasteiger partial charge in [-0.3, -0.25) is 4.79 Å². The van der Waals surface area contributed by atoms with Crippen molar-refractivity contribution in [2.45, 2.75) is 90.9 Å².